The van der Waals surface area contributed by atoms with Gasteiger partial charge in [0, 0.05) is 35.7 Å². The van der Waals surface area contributed by atoms with Crippen LogP contribution in [-0.2, 0) is 28.3 Å². The molecule has 4 N–H and O–H groups in total. The van der Waals surface area contributed by atoms with Crippen molar-refractivity contribution in [2.24, 2.45) is 24.0 Å². The van der Waals surface area contributed by atoms with Crippen molar-refractivity contribution >= 4 is 61.5 Å². The Kier molecular flexibility index (Phi) is 8.72. The van der Waals surface area contributed by atoms with E-state index in [9.17, 15) is 30.8 Å². The molecule has 0 radical (unpaired) electrons. The first-order valence-corrected chi connectivity index (χ1v) is 18.2. The molecule has 0 spiro atoms. The maximum atomic E-state index is 15.3. The van der Waals surface area contributed by atoms with Crippen molar-refractivity contribution in [1.29, 1.82) is 0 Å². The SMILES string of the molecule is Cn1nc(NS(C)(=O)=O)c2c(Cl)ccc(-c3cc(N)c(Cl)nc3[C@H](Cc3cc(F)cc(F)c3)NC(=O)C[N+]3=NC(C(F)F)C4=C3C(F)(F)[C@@H]3C[C@H]43)c21. The zero-order valence-electron chi connectivity index (χ0n) is 26.9. The Morgan fingerprint density at radius 3 is 2.48 bits per heavy atom. The van der Waals surface area contributed by atoms with Gasteiger partial charge in [-0.1, -0.05) is 34.0 Å². The average Bonchev–Trinajstić information content (AvgIpc) is 3.57. The first-order chi connectivity index (χ1) is 24.3. The lowest BCUT2D eigenvalue weighted by molar-refractivity contribution is -0.548. The van der Waals surface area contributed by atoms with E-state index in [2.05, 4.69) is 25.2 Å². The van der Waals surface area contributed by atoms with Gasteiger partial charge in [-0.05, 0) is 53.7 Å². The van der Waals surface area contributed by atoms with Gasteiger partial charge in [0.2, 0.25) is 16.1 Å². The van der Waals surface area contributed by atoms with Crippen LogP contribution in [0.3, 0.4) is 0 Å². The Morgan fingerprint density at radius 2 is 1.83 bits per heavy atom. The van der Waals surface area contributed by atoms with Gasteiger partial charge in [0.15, 0.2) is 11.0 Å². The molecule has 1 saturated carbocycles. The normalized spacial score (nSPS) is 21.0. The number of rotatable bonds is 10. The van der Waals surface area contributed by atoms with Gasteiger partial charge in [0.05, 0.1) is 39.6 Å². The number of carbonyl (C=O) groups excluding carboxylic acids is 1. The van der Waals surface area contributed by atoms with Crippen molar-refractivity contribution in [3.05, 3.63) is 80.7 Å². The predicted molar refractivity (Wildman–Crippen MR) is 179 cm³/mol. The lowest BCUT2D eigenvalue weighted by atomic mass is 9.94. The number of hydrogen-bond acceptors (Lipinski definition) is 7. The Bertz CT molecular complexity index is 2350. The molecule has 3 heterocycles. The second kappa shape index (κ2) is 12.6. The Hall–Kier alpha value is -4.42. The molecule has 1 fully saturated rings. The quantitative estimate of drug-likeness (QED) is 0.0988. The Labute approximate surface area is 301 Å². The number of carbonyl (C=O) groups is 1. The monoisotopic (exact) mass is 787 g/mol. The molecule has 4 atom stereocenters. The standard InChI is InChI=1S/C32H26Cl2F6N8O3S/c1-47-27-15(3-4-19(33)24(27)31(45-47)46-52(2,50)51)16-10-20(41)29(34)43-25(16)21(7-12-5-13(35)8-14(36)6-12)42-22(49)11-48-28-23(26(44-48)30(37)38)17-9-18(17)32(28,39)40/h3-6,8,10,17-18,21,26,30H,7,9,11,41H2,1-2H3,(H-,42,45,46,49)/p+1/t17-,18+,21-,26?/m0/s1. The molecule has 2 aromatic carbocycles. The molecule has 274 valence electrons. The number of sulfonamides is 1. The van der Waals surface area contributed by atoms with E-state index in [0.29, 0.717) is 16.3 Å². The third kappa shape index (κ3) is 6.33. The lowest BCUT2D eigenvalue weighted by Gasteiger charge is -2.22. The smallest absolute Gasteiger partial charge is 0.335 e. The van der Waals surface area contributed by atoms with E-state index in [-0.39, 0.29) is 67.8 Å². The second-order valence-corrected chi connectivity index (χ2v) is 15.4. The summed E-state index contributed by atoms with van der Waals surface area (Å²) in [5.74, 6) is -8.30. The number of nitrogens with zero attached hydrogens (tertiary/aromatic N) is 5. The summed E-state index contributed by atoms with van der Waals surface area (Å²) in [5, 5.41) is 10.8. The van der Waals surface area contributed by atoms with Crippen LogP contribution in [0.4, 0.5) is 37.8 Å². The van der Waals surface area contributed by atoms with Gasteiger partial charge in [-0.3, -0.25) is 14.2 Å². The number of nitrogen functional groups attached to an aromatic ring is 1. The summed E-state index contributed by atoms with van der Waals surface area (Å²) in [4.78, 5) is 18.2. The molecule has 2 aliphatic carbocycles. The number of fused-ring (bicyclic) bond motifs is 3. The highest BCUT2D eigenvalue weighted by Crippen LogP contribution is 2.65. The second-order valence-electron chi connectivity index (χ2n) is 12.9. The number of anilines is 2. The first kappa shape index (κ1) is 36.0. The highest BCUT2D eigenvalue weighted by Gasteiger charge is 2.74. The van der Waals surface area contributed by atoms with Crippen molar-refractivity contribution in [2.45, 2.75) is 37.3 Å². The predicted octanol–water partition coefficient (Wildman–Crippen LogP) is 6.23. The third-order valence-electron chi connectivity index (χ3n) is 9.19. The number of amides is 1. The third-order valence-corrected chi connectivity index (χ3v) is 10.4. The highest BCUT2D eigenvalue weighted by molar-refractivity contribution is 7.92. The minimum Gasteiger partial charge on any atom is -0.396 e. The van der Waals surface area contributed by atoms with Crippen LogP contribution < -0.4 is 15.8 Å². The number of allylic oxidation sites excluding steroid dienone is 1. The van der Waals surface area contributed by atoms with E-state index in [4.69, 9.17) is 28.9 Å². The van der Waals surface area contributed by atoms with Gasteiger partial charge in [-0.25, -0.2) is 31.0 Å². The molecule has 3 aliphatic rings. The van der Waals surface area contributed by atoms with E-state index >= 15 is 8.78 Å². The minimum absolute atomic E-state index is 0.0178. The topological polar surface area (TPSA) is 147 Å². The fourth-order valence-corrected chi connectivity index (χ4v) is 8.02. The number of benzene rings is 2. The molecule has 4 aromatic rings. The summed E-state index contributed by atoms with van der Waals surface area (Å²) in [6.07, 6.45) is -2.45. The Balaban J connectivity index is 1.33. The van der Waals surface area contributed by atoms with Crippen LogP contribution in [-0.4, -0.2) is 65.0 Å². The molecule has 7 rings (SSSR count). The summed E-state index contributed by atoms with van der Waals surface area (Å²) < 4.78 is 116. The number of nitrogens with one attached hydrogen (secondary N) is 2. The molecule has 1 amide bonds. The number of azo groups is 2. The van der Waals surface area contributed by atoms with Crippen molar-refractivity contribution in [3.63, 3.8) is 0 Å². The highest BCUT2D eigenvalue weighted by atomic mass is 35.5. The maximum Gasteiger partial charge on any atom is 0.335 e. The zero-order chi connectivity index (χ0) is 37.6. The summed E-state index contributed by atoms with van der Waals surface area (Å²) in [5.41, 5.74) is 6.06. The van der Waals surface area contributed by atoms with Gasteiger partial charge in [0.25, 0.3) is 24.6 Å². The number of halogens is 8. The molecule has 1 unspecified atom stereocenters. The number of pyridine rings is 1. The fraction of sp³-hybridized carbons (Fsp3) is 0.344. The van der Waals surface area contributed by atoms with Crippen molar-refractivity contribution in [1.82, 2.24) is 20.1 Å². The molecular weight excluding hydrogens is 761 g/mol. The maximum absolute atomic E-state index is 15.3. The van der Waals surface area contributed by atoms with Crippen LogP contribution in [0.1, 0.15) is 23.7 Å². The van der Waals surface area contributed by atoms with Crippen molar-refractivity contribution < 1.29 is 44.3 Å². The molecule has 20 heteroatoms. The van der Waals surface area contributed by atoms with E-state index in [1.54, 1.807) is 6.07 Å². The molecular formula is C32H27Cl2F6N8O3S+. The van der Waals surface area contributed by atoms with Crippen molar-refractivity contribution in [2.75, 3.05) is 23.3 Å². The summed E-state index contributed by atoms with van der Waals surface area (Å²) in [7, 11) is -2.31. The fourth-order valence-electron chi connectivity index (χ4n) is 7.14. The molecule has 52 heavy (non-hydrogen) atoms. The van der Waals surface area contributed by atoms with E-state index < -0.39 is 76.1 Å². The number of aryl methyl sites for hydroxylation is 1. The van der Waals surface area contributed by atoms with Gasteiger partial charge in [-0.2, -0.15) is 13.9 Å². The molecule has 1 aliphatic heterocycles. The number of hydrogen-bond donors (Lipinski definition) is 3. The van der Waals surface area contributed by atoms with Crippen LogP contribution >= 0.6 is 23.2 Å². The average molecular weight is 789 g/mol. The molecule has 0 bridgehead atoms. The van der Waals surface area contributed by atoms with Gasteiger partial charge >= 0.3 is 5.92 Å². The number of nitrogens with two attached hydrogens (primary N) is 1. The van der Waals surface area contributed by atoms with Gasteiger partial charge < -0.3 is 11.1 Å². The number of alkyl halides is 4. The van der Waals surface area contributed by atoms with Crippen LogP contribution in [0.2, 0.25) is 10.2 Å². The van der Waals surface area contributed by atoms with Crippen LogP contribution in [0.25, 0.3) is 22.0 Å². The van der Waals surface area contributed by atoms with E-state index in [0.717, 1.165) is 18.4 Å². The molecule has 2 aromatic heterocycles. The van der Waals surface area contributed by atoms with Gasteiger partial charge in [-0.15, -0.1) is 0 Å². The summed E-state index contributed by atoms with van der Waals surface area (Å²) in [6.45, 7) is -0.892. The molecule has 0 saturated heterocycles. The van der Waals surface area contributed by atoms with Gasteiger partial charge in [0.1, 0.15) is 11.6 Å². The first-order valence-electron chi connectivity index (χ1n) is 15.6. The van der Waals surface area contributed by atoms with E-state index in [1.807, 2.05) is 0 Å². The number of aromatic nitrogens is 3. The minimum atomic E-state index is -3.82. The largest absolute Gasteiger partial charge is 0.396 e. The molecule has 11 nitrogen and oxygen atoms in total. The summed E-state index contributed by atoms with van der Waals surface area (Å²) in [6, 6.07) is 3.92. The van der Waals surface area contributed by atoms with Crippen LogP contribution in [0.15, 0.2) is 52.8 Å². The van der Waals surface area contributed by atoms with E-state index in [1.165, 1.54) is 23.9 Å². The van der Waals surface area contributed by atoms with Crippen molar-refractivity contribution in [3.8, 4) is 11.1 Å². The van der Waals surface area contributed by atoms with Crippen LogP contribution in [0, 0.1) is 23.5 Å². The Morgan fingerprint density at radius 1 is 1.13 bits per heavy atom. The zero-order valence-corrected chi connectivity index (χ0v) is 29.3. The summed E-state index contributed by atoms with van der Waals surface area (Å²) >= 11 is 12.9. The van der Waals surface area contributed by atoms with Crippen LogP contribution in [0.5, 0.6) is 0 Å². The lowest BCUT2D eigenvalue weighted by Crippen LogP contribution is -2.38.